The lowest BCUT2D eigenvalue weighted by Crippen LogP contribution is -1.99. The van der Waals surface area contributed by atoms with Gasteiger partial charge >= 0.3 is 0 Å². The van der Waals surface area contributed by atoms with Crippen LogP contribution >= 0.6 is 0 Å². The summed E-state index contributed by atoms with van der Waals surface area (Å²) in [5, 5.41) is 0. The summed E-state index contributed by atoms with van der Waals surface area (Å²) in [5.41, 5.74) is 3.94. The van der Waals surface area contributed by atoms with Gasteiger partial charge in [-0.2, -0.15) is 0 Å². The molecule has 0 aliphatic carbocycles. The molecule has 0 saturated heterocycles. The fourth-order valence-electron chi connectivity index (χ4n) is 2.67. The second-order valence-electron chi connectivity index (χ2n) is 6.22. The van der Waals surface area contributed by atoms with E-state index in [-0.39, 0.29) is 5.78 Å². The first-order chi connectivity index (χ1) is 13.8. The number of hydrogen-bond acceptors (Lipinski definition) is 1. The van der Waals surface area contributed by atoms with Crippen LogP contribution in [0.3, 0.4) is 0 Å². The predicted molar refractivity (Wildman–Crippen MR) is 118 cm³/mol. The fourth-order valence-corrected chi connectivity index (χ4v) is 2.67. The van der Waals surface area contributed by atoms with E-state index < -0.39 is 0 Å². The number of rotatable bonds is 4. The molecule has 0 heterocycles. The highest BCUT2D eigenvalue weighted by Gasteiger charge is 2.06. The lowest BCUT2D eigenvalue weighted by molar-refractivity contribution is 0.103. The molecule has 4 aromatic carbocycles. The Hall–Kier alpha value is -3.71. The Morgan fingerprint density at radius 3 is 1.04 bits per heavy atom. The first-order valence-corrected chi connectivity index (χ1v) is 9.26. The number of ketones is 1. The smallest absolute Gasteiger partial charge is 0.193 e. The third-order valence-corrected chi connectivity index (χ3v) is 4.14. The SMILES string of the molecule is C(=Cc1ccccc1)c1ccccc1.O=C(c1ccccc1)c1ccccc1. The molecule has 0 saturated carbocycles. The Kier molecular flexibility index (Phi) is 7.11. The van der Waals surface area contributed by atoms with Crippen molar-refractivity contribution in [2.24, 2.45) is 0 Å². The Balaban J connectivity index is 0.000000161. The molecular weight excluding hydrogens is 340 g/mol. The second-order valence-corrected chi connectivity index (χ2v) is 6.22. The van der Waals surface area contributed by atoms with E-state index in [0.717, 1.165) is 11.1 Å². The quantitative estimate of drug-likeness (QED) is 0.289. The number of hydrogen-bond donors (Lipinski definition) is 0. The molecule has 1 nitrogen and oxygen atoms in total. The van der Waals surface area contributed by atoms with E-state index in [1.54, 1.807) is 0 Å². The minimum Gasteiger partial charge on any atom is -0.289 e. The van der Waals surface area contributed by atoms with Crippen molar-refractivity contribution >= 4 is 17.9 Å². The van der Waals surface area contributed by atoms with Crippen molar-refractivity contribution in [2.75, 3.05) is 0 Å². The molecule has 4 rings (SSSR count). The van der Waals surface area contributed by atoms with Crippen molar-refractivity contribution < 1.29 is 4.79 Å². The predicted octanol–water partition coefficient (Wildman–Crippen LogP) is 6.77. The van der Waals surface area contributed by atoms with Crippen LogP contribution in [0.4, 0.5) is 0 Å². The van der Waals surface area contributed by atoms with Gasteiger partial charge in [-0.05, 0) is 11.1 Å². The Morgan fingerprint density at radius 1 is 0.429 bits per heavy atom. The normalized spacial score (nSPS) is 10.1. The maximum atomic E-state index is 11.8. The zero-order chi connectivity index (χ0) is 19.4. The van der Waals surface area contributed by atoms with Gasteiger partial charge in [0.05, 0.1) is 0 Å². The maximum absolute atomic E-state index is 11.8. The Bertz CT molecular complexity index is 906. The van der Waals surface area contributed by atoms with E-state index in [9.17, 15) is 4.79 Å². The number of carbonyl (C=O) groups excluding carboxylic acids is 1. The van der Waals surface area contributed by atoms with Gasteiger partial charge in [0.15, 0.2) is 5.78 Å². The summed E-state index contributed by atoms with van der Waals surface area (Å²) in [6.45, 7) is 0. The molecule has 1 heteroatoms. The molecule has 0 amide bonds. The topological polar surface area (TPSA) is 17.1 Å². The standard InChI is InChI=1S/C14H12.C13H10O/c1-3-7-13(8-4-1)11-12-14-9-5-2-6-10-14;14-13(11-7-3-1-4-8-11)12-9-5-2-6-10-12/h1-12H;1-10H. The maximum Gasteiger partial charge on any atom is 0.193 e. The van der Waals surface area contributed by atoms with E-state index in [4.69, 9.17) is 0 Å². The minimum absolute atomic E-state index is 0.0752. The highest BCUT2D eigenvalue weighted by molar-refractivity contribution is 6.08. The zero-order valence-electron chi connectivity index (χ0n) is 15.6. The van der Waals surface area contributed by atoms with Crippen LogP contribution in [0.1, 0.15) is 27.0 Å². The molecule has 136 valence electrons. The summed E-state index contributed by atoms with van der Waals surface area (Å²) in [6.07, 6.45) is 4.24. The lowest BCUT2D eigenvalue weighted by atomic mass is 10.0. The van der Waals surface area contributed by atoms with Crippen molar-refractivity contribution in [3.63, 3.8) is 0 Å². The zero-order valence-corrected chi connectivity index (χ0v) is 15.6. The van der Waals surface area contributed by atoms with E-state index in [1.807, 2.05) is 97.1 Å². The molecule has 0 fully saturated rings. The summed E-state index contributed by atoms with van der Waals surface area (Å²) < 4.78 is 0. The van der Waals surface area contributed by atoms with E-state index >= 15 is 0 Å². The van der Waals surface area contributed by atoms with Crippen LogP contribution < -0.4 is 0 Å². The van der Waals surface area contributed by atoms with Gasteiger partial charge in [0.2, 0.25) is 0 Å². The highest BCUT2D eigenvalue weighted by Crippen LogP contribution is 2.09. The second kappa shape index (κ2) is 10.4. The van der Waals surface area contributed by atoms with Crippen molar-refractivity contribution in [1.29, 1.82) is 0 Å². The summed E-state index contributed by atoms with van der Waals surface area (Å²) >= 11 is 0. The van der Waals surface area contributed by atoms with Crippen molar-refractivity contribution in [3.8, 4) is 0 Å². The molecule has 4 aromatic rings. The van der Waals surface area contributed by atoms with Crippen LogP contribution in [0.25, 0.3) is 12.2 Å². The molecule has 28 heavy (non-hydrogen) atoms. The van der Waals surface area contributed by atoms with Gasteiger partial charge in [0, 0.05) is 11.1 Å². The molecule has 0 radical (unpaired) electrons. The van der Waals surface area contributed by atoms with Crippen LogP contribution in [0.15, 0.2) is 121 Å². The van der Waals surface area contributed by atoms with Crippen LogP contribution in [0.2, 0.25) is 0 Å². The number of carbonyl (C=O) groups is 1. The number of benzene rings is 4. The van der Waals surface area contributed by atoms with Gasteiger partial charge in [-0.1, -0.05) is 133 Å². The van der Waals surface area contributed by atoms with Crippen LogP contribution in [-0.4, -0.2) is 5.78 Å². The van der Waals surface area contributed by atoms with Gasteiger partial charge in [-0.3, -0.25) is 4.79 Å². The molecular formula is C27H22O. The summed E-state index contributed by atoms with van der Waals surface area (Å²) in [5.74, 6) is 0.0752. The third-order valence-electron chi connectivity index (χ3n) is 4.14. The van der Waals surface area contributed by atoms with E-state index in [0.29, 0.717) is 0 Å². The van der Waals surface area contributed by atoms with Gasteiger partial charge in [-0.15, -0.1) is 0 Å². The third kappa shape index (κ3) is 5.93. The monoisotopic (exact) mass is 362 g/mol. The summed E-state index contributed by atoms with van der Waals surface area (Å²) in [6, 6.07) is 39.2. The highest BCUT2D eigenvalue weighted by atomic mass is 16.1. The van der Waals surface area contributed by atoms with Crippen molar-refractivity contribution in [2.45, 2.75) is 0 Å². The summed E-state index contributed by atoms with van der Waals surface area (Å²) in [7, 11) is 0. The van der Waals surface area contributed by atoms with Gasteiger partial charge in [0.25, 0.3) is 0 Å². The average molecular weight is 362 g/mol. The molecule has 0 atom stereocenters. The lowest BCUT2D eigenvalue weighted by Gasteiger charge is -1.99. The molecule has 0 bridgehead atoms. The Morgan fingerprint density at radius 2 is 0.714 bits per heavy atom. The van der Waals surface area contributed by atoms with Crippen LogP contribution in [0, 0.1) is 0 Å². The van der Waals surface area contributed by atoms with Crippen LogP contribution in [0.5, 0.6) is 0 Å². The first-order valence-electron chi connectivity index (χ1n) is 9.26. The largest absolute Gasteiger partial charge is 0.289 e. The Labute approximate surface area is 166 Å². The molecule has 0 spiro atoms. The molecule has 0 aliphatic rings. The average Bonchev–Trinajstić information content (AvgIpc) is 2.80. The molecule has 0 aromatic heterocycles. The fraction of sp³-hybridized carbons (Fsp3) is 0. The van der Waals surface area contributed by atoms with Gasteiger partial charge in [-0.25, -0.2) is 0 Å². The molecule has 0 unspecified atom stereocenters. The minimum atomic E-state index is 0.0752. The molecule has 0 N–H and O–H groups in total. The first kappa shape index (κ1) is 19.1. The van der Waals surface area contributed by atoms with E-state index in [2.05, 4.69) is 36.4 Å². The summed E-state index contributed by atoms with van der Waals surface area (Å²) in [4.78, 5) is 11.8. The van der Waals surface area contributed by atoms with Gasteiger partial charge in [0.1, 0.15) is 0 Å². The van der Waals surface area contributed by atoms with E-state index in [1.165, 1.54) is 11.1 Å². The van der Waals surface area contributed by atoms with Gasteiger partial charge < -0.3 is 0 Å². The van der Waals surface area contributed by atoms with Crippen LogP contribution in [-0.2, 0) is 0 Å². The van der Waals surface area contributed by atoms with Crippen molar-refractivity contribution in [3.05, 3.63) is 144 Å². The van der Waals surface area contributed by atoms with Crippen molar-refractivity contribution in [1.82, 2.24) is 0 Å². The molecule has 0 aliphatic heterocycles.